The number of hydrogen-bond acceptors (Lipinski definition) is 4. The molecule has 0 heterocycles. The summed E-state index contributed by atoms with van der Waals surface area (Å²) in [6, 6.07) is -1.23. The van der Waals surface area contributed by atoms with Gasteiger partial charge in [0.1, 0.15) is 0 Å². The number of hydrogen-bond donors (Lipinski definition) is 3. The van der Waals surface area contributed by atoms with Gasteiger partial charge in [-0.25, -0.2) is 0 Å². The van der Waals surface area contributed by atoms with Gasteiger partial charge in [0.25, 0.3) is 0 Å². The summed E-state index contributed by atoms with van der Waals surface area (Å²) in [6.45, 7) is 7.20. The standard InChI is InChI=1S/C12H23N3O4.Re/c1-7(2)13-6-10(16)15-9(5-11(17)18)12(19)14-8(3)4;/h7-9,13H,5-6H2,1-4H3,(H3,14,15,16,17,18,19);/p-1. The summed E-state index contributed by atoms with van der Waals surface area (Å²) in [5.41, 5.74) is 0. The van der Waals surface area contributed by atoms with Gasteiger partial charge in [-0.2, -0.15) is 0 Å². The van der Waals surface area contributed by atoms with E-state index in [0.29, 0.717) is 0 Å². The van der Waals surface area contributed by atoms with Crippen LogP contribution in [0.2, 0.25) is 0 Å². The average molecular weight is 459 g/mol. The van der Waals surface area contributed by atoms with Crippen molar-refractivity contribution in [1.82, 2.24) is 10.6 Å². The summed E-state index contributed by atoms with van der Waals surface area (Å²) in [5.74, 6) is -2.20. The van der Waals surface area contributed by atoms with Crippen LogP contribution in [0.3, 0.4) is 0 Å². The van der Waals surface area contributed by atoms with Gasteiger partial charge in [0, 0.05) is 26.5 Å². The minimum absolute atomic E-state index is 0. The van der Waals surface area contributed by atoms with Gasteiger partial charge in [-0.3, -0.25) is 9.59 Å². The quantitative estimate of drug-likeness (QED) is 0.483. The molecule has 20 heavy (non-hydrogen) atoms. The van der Waals surface area contributed by atoms with Crippen molar-refractivity contribution < 1.29 is 39.9 Å². The largest absolute Gasteiger partial charge is 0.649 e. The van der Waals surface area contributed by atoms with Crippen molar-refractivity contribution in [3.05, 3.63) is 5.32 Å². The molecular weight excluding hydrogens is 436 g/mol. The average Bonchev–Trinajstić information content (AvgIpc) is 2.23. The number of carboxylic acid groups (broad SMARTS) is 1. The first-order valence-electron chi connectivity index (χ1n) is 6.21. The first kappa shape index (κ1) is 21.3. The van der Waals surface area contributed by atoms with E-state index in [0.717, 1.165) is 0 Å². The van der Waals surface area contributed by atoms with Crippen molar-refractivity contribution in [3.63, 3.8) is 0 Å². The monoisotopic (exact) mass is 459 g/mol. The van der Waals surface area contributed by atoms with E-state index in [1.54, 1.807) is 13.8 Å². The Kier molecular flexibility index (Phi) is 11.5. The molecule has 0 aromatic heterocycles. The topological polar surface area (TPSA) is 110 Å². The van der Waals surface area contributed by atoms with Crippen molar-refractivity contribution in [2.24, 2.45) is 0 Å². The Morgan fingerprint density at radius 3 is 2.10 bits per heavy atom. The molecule has 0 fully saturated rings. The van der Waals surface area contributed by atoms with Crippen LogP contribution in [0.15, 0.2) is 0 Å². The zero-order chi connectivity index (χ0) is 15.0. The summed E-state index contributed by atoms with van der Waals surface area (Å²) < 4.78 is 0. The number of amides is 2. The fourth-order valence-electron chi connectivity index (χ4n) is 1.26. The first-order valence-corrected chi connectivity index (χ1v) is 6.21. The molecule has 0 aromatic rings. The second-order valence-electron chi connectivity index (χ2n) is 4.81. The Morgan fingerprint density at radius 2 is 1.70 bits per heavy atom. The van der Waals surface area contributed by atoms with E-state index in [9.17, 15) is 14.4 Å². The molecule has 0 aliphatic carbocycles. The van der Waals surface area contributed by atoms with Crippen LogP contribution in [0.5, 0.6) is 0 Å². The number of nitrogens with zero attached hydrogens (tertiary/aromatic N) is 1. The summed E-state index contributed by atoms with van der Waals surface area (Å²) in [5, 5.41) is 17.7. The van der Waals surface area contributed by atoms with Crippen LogP contribution in [0, 0.1) is 0 Å². The van der Waals surface area contributed by atoms with E-state index in [1.165, 1.54) is 0 Å². The van der Waals surface area contributed by atoms with Gasteiger partial charge in [0.2, 0.25) is 5.91 Å². The molecule has 0 aliphatic rings. The summed E-state index contributed by atoms with van der Waals surface area (Å²) in [7, 11) is 0. The second kappa shape index (κ2) is 10.8. The molecule has 0 rings (SSSR count). The van der Waals surface area contributed by atoms with Crippen molar-refractivity contribution in [2.45, 2.75) is 52.2 Å². The fraction of sp³-hybridized carbons (Fsp3) is 0.750. The molecule has 0 saturated carbocycles. The number of nitrogens with one attached hydrogen (secondary N) is 2. The maximum atomic E-state index is 11.7. The van der Waals surface area contributed by atoms with Crippen molar-refractivity contribution >= 4 is 17.8 Å². The van der Waals surface area contributed by atoms with Crippen LogP contribution in [0.1, 0.15) is 34.1 Å². The van der Waals surface area contributed by atoms with Crippen molar-refractivity contribution in [1.29, 1.82) is 0 Å². The zero-order valence-corrected chi connectivity index (χ0v) is 14.9. The minimum Gasteiger partial charge on any atom is -0.649 e. The number of carbonyl (C=O) groups excluding carboxylic acids is 2. The smallest absolute Gasteiger partial charge is 0.305 e. The molecule has 3 N–H and O–H groups in total. The van der Waals surface area contributed by atoms with Crippen LogP contribution < -0.4 is 10.6 Å². The van der Waals surface area contributed by atoms with Gasteiger partial charge in [0.15, 0.2) is 0 Å². The molecule has 0 aliphatic heterocycles. The second-order valence-corrected chi connectivity index (χ2v) is 4.81. The van der Waals surface area contributed by atoms with E-state index >= 15 is 0 Å². The Morgan fingerprint density at radius 1 is 1.15 bits per heavy atom. The molecule has 7 nitrogen and oxygen atoms in total. The Balaban J connectivity index is 0. The van der Waals surface area contributed by atoms with Gasteiger partial charge in [-0.15, -0.1) is 6.04 Å². The van der Waals surface area contributed by atoms with Crippen molar-refractivity contribution in [2.75, 3.05) is 6.54 Å². The van der Waals surface area contributed by atoms with Crippen LogP contribution >= 0.6 is 0 Å². The third-order valence-electron chi connectivity index (χ3n) is 2.07. The summed E-state index contributed by atoms with van der Waals surface area (Å²) in [6.07, 6.45) is -0.470. The molecule has 0 spiro atoms. The third-order valence-corrected chi connectivity index (χ3v) is 2.07. The van der Waals surface area contributed by atoms with E-state index < -0.39 is 30.2 Å². The Labute approximate surface area is 132 Å². The van der Waals surface area contributed by atoms with E-state index in [2.05, 4.69) is 16.0 Å². The fourth-order valence-corrected chi connectivity index (χ4v) is 1.26. The molecule has 1 radical (unpaired) electrons. The molecule has 2 amide bonds. The van der Waals surface area contributed by atoms with Gasteiger partial charge >= 0.3 is 5.97 Å². The van der Waals surface area contributed by atoms with Crippen LogP contribution in [0.25, 0.3) is 5.32 Å². The molecule has 0 saturated heterocycles. The van der Waals surface area contributed by atoms with Gasteiger partial charge < -0.3 is 25.9 Å². The number of rotatable bonds is 8. The van der Waals surface area contributed by atoms with E-state index in [1.807, 2.05) is 13.8 Å². The SMILES string of the molecule is CC(C)[N-]C(=O)C(CC(=O)O)NC(=O)CNC(C)C.[Re]. The number of aliphatic carboxylic acids is 1. The predicted octanol–water partition coefficient (Wildman–Crippen LogP) is 0.250. The minimum atomic E-state index is -1.16. The zero-order valence-electron chi connectivity index (χ0n) is 12.1. The molecule has 1 atom stereocenters. The maximum Gasteiger partial charge on any atom is 0.305 e. The van der Waals surface area contributed by atoms with E-state index in [4.69, 9.17) is 5.11 Å². The predicted molar refractivity (Wildman–Crippen MR) is 70.8 cm³/mol. The summed E-state index contributed by atoms with van der Waals surface area (Å²) >= 11 is 0. The molecule has 8 heteroatoms. The first-order chi connectivity index (χ1) is 8.72. The Hall–Kier alpha value is -0.968. The Bertz CT molecular complexity index is 335. The van der Waals surface area contributed by atoms with Crippen LogP contribution in [-0.2, 0) is 34.8 Å². The normalized spacial score (nSPS) is 11.7. The van der Waals surface area contributed by atoms with Crippen LogP contribution in [0.4, 0.5) is 0 Å². The number of carboxylic acids is 1. The van der Waals surface area contributed by atoms with Crippen molar-refractivity contribution in [3.8, 4) is 0 Å². The van der Waals surface area contributed by atoms with Gasteiger partial charge in [-0.1, -0.05) is 27.7 Å². The molecule has 0 aromatic carbocycles. The number of carbonyl (C=O) groups is 3. The van der Waals surface area contributed by atoms with Crippen LogP contribution in [-0.4, -0.2) is 47.6 Å². The molecule has 1 unspecified atom stereocenters. The maximum absolute atomic E-state index is 11.7. The van der Waals surface area contributed by atoms with E-state index in [-0.39, 0.29) is 39.1 Å². The summed E-state index contributed by atoms with van der Waals surface area (Å²) in [4.78, 5) is 34.0. The molecule has 117 valence electrons. The van der Waals surface area contributed by atoms with Gasteiger partial charge in [-0.05, 0) is 0 Å². The molecular formula is C12H22N3O4Re-. The third kappa shape index (κ3) is 10.9. The van der Waals surface area contributed by atoms with Gasteiger partial charge in [0.05, 0.1) is 24.9 Å². The molecule has 0 bridgehead atoms.